The minimum absolute atomic E-state index is 0.434. The molecule has 1 aromatic rings. The van der Waals surface area contributed by atoms with E-state index in [1.807, 2.05) is 12.1 Å². The molecule has 2 fully saturated rings. The van der Waals surface area contributed by atoms with E-state index in [4.69, 9.17) is 16.3 Å². The highest BCUT2D eigenvalue weighted by Crippen LogP contribution is 2.26. The van der Waals surface area contributed by atoms with Crippen LogP contribution in [0.1, 0.15) is 17.4 Å². The van der Waals surface area contributed by atoms with E-state index in [0.717, 1.165) is 56.8 Å². The number of rotatable bonds is 5. The molecule has 2 saturated heterocycles. The van der Waals surface area contributed by atoms with Gasteiger partial charge < -0.3 is 20.1 Å². The zero-order valence-electron chi connectivity index (χ0n) is 14.7. The highest BCUT2D eigenvalue weighted by molar-refractivity contribution is 7.16. The maximum atomic E-state index is 10.3. The lowest BCUT2D eigenvalue weighted by molar-refractivity contribution is 0.138. The van der Waals surface area contributed by atoms with Gasteiger partial charge in [0.1, 0.15) is 6.10 Å². The minimum atomic E-state index is -0.571. The molecule has 2 unspecified atom stereocenters. The van der Waals surface area contributed by atoms with Crippen molar-refractivity contribution in [1.82, 2.24) is 15.1 Å². The fraction of sp³-hybridized carbons (Fsp3) is 0.706. The molecule has 2 aliphatic rings. The van der Waals surface area contributed by atoms with Gasteiger partial charge in [0.2, 0.25) is 0 Å². The summed E-state index contributed by atoms with van der Waals surface area (Å²) in [6.07, 6.45) is 0.617. The van der Waals surface area contributed by atoms with Gasteiger partial charge in [0.25, 0.3) is 0 Å². The topological polar surface area (TPSA) is 60.3 Å². The van der Waals surface area contributed by atoms with Crippen LogP contribution < -0.4 is 5.32 Å². The Morgan fingerprint density at radius 2 is 2.24 bits per heavy atom. The zero-order chi connectivity index (χ0) is 17.6. The number of halogens is 1. The normalized spacial score (nSPS) is 23.9. The number of nitrogens with zero attached hydrogens (tertiary/aromatic N) is 3. The lowest BCUT2D eigenvalue weighted by Crippen LogP contribution is -2.53. The van der Waals surface area contributed by atoms with Crippen molar-refractivity contribution in [2.45, 2.75) is 12.5 Å². The predicted molar refractivity (Wildman–Crippen MR) is 103 cm³/mol. The van der Waals surface area contributed by atoms with Crippen molar-refractivity contribution in [3.8, 4) is 0 Å². The third-order valence-electron chi connectivity index (χ3n) is 4.80. The Morgan fingerprint density at radius 3 is 2.84 bits per heavy atom. The van der Waals surface area contributed by atoms with E-state index >= 15 is 0 Å². The highest BCUT2D eigenvalue weighted by atomic mass is 35.5. The molecule has 0 spiro atoms. The minimum Gasteiger partial charge on any atom is -0.386 e. The number of aliphatic imine (C=N–C) groups is 1. The Labute approximate surface area is 158 Å². The molecule has 0 bridgehead atoms. The Kier molecular flexibility index (Phi) is 6.95. The number of ether oxygens (including phenoxy) is 1. The number of guanidine groups is 1. The smallest absolute Gasteiger partial charge is 0.193 e. The Hall–Kier alpha value is -0.860. The van der Waals surface area contributed by atoms with Gasteiger partial charge in [-0.2, -0.15) is 0 Å². The number of nitrogens with one attached hydrogen (secondary N) is 1. The fourth-order valence-electron chi connectivity index (χ4n) is 3.36. The SMILES string of the molecule is CN=C(NCC(O)c1ccc(Cl)s1)N1CCN(CC2CCOC2)CC1. The summed E-state index contributed by atoms with van der Waals surface area (Å²) in [4.78, 5) is 10.0. The molecule has 2 atom stereocenters. The number of piperazine rings is 1. The van der Waals surface area contributed by atoms with Gasteiger partial charge in [-0.3, -0.25) is 9.89 Å². The zero-order valence-corrected chi connectivity index (χ0v) is 16.2. The number of thiophene rings is 1. The molecule has 2 aliphatic heterocycles. The molecule has 1 aromatic heterocycles. The third kappa shape index (κ3) is 5.31. The van der Waals surface area contributed by atoms with Crippen LogP contribution in [-0.2, 0) is 4.74 Å². The van der Waals surface area contributed by atoms with Crippen LogP contribution >= 0.6 is 22.9 Å². The maximum absolute atomic E-state index is 10.3. The summed E-state index contributed by atoms with van der Waals surface area (Å²) in [5.41, 5.74) is 0. The van der Waals surface area contributed by atoms with Crippen LogP contribution in [0, 0.1) is 5.92 Å². The average Bonchev–Trinajstić information content (AvgIpc) is 3.28. The summed E-state index contributed by atoms with van der Waals surface area (Å²) in [6, 6.07) is 3.68. The molecule has 25 heavy (non-hydrogen) atoms. The van der Waals surface area contributed by atoms with Gasteiger partial charge in [0.15, 0.2) is 5.96 Å². The Morgan fingerprint density at radius 1 is 1.44 bits per heavy atom. The van der Waals surface area contributed by atoms with Crippen molar-refractivity contribution in [1.29, 1.82) is 0 Å². The molecular weight excluding hydrogens is 360 g/mol. The van der Waals surface area contributed by atoms with Crippen molar-refractivity contribution in [3.05, 3.63) is 21.3 Å². The fourth-order valence-corrected chi connectivity index (χ4v) is 4.41. The second-order valence-corrected chi connectivity index (χ2v) is 8.35. The molecule has 0 aliphatic carbocycles. The van der Waals surface area contributed by atoms with Crippen molar-refractivity contribution in [3.63, 3.8) is 0 Å². The van der Waals surface area contributed by atoms with Crippen molar-refractivity contribution in [2.75, 3.05) is 59.5 Å². The molecule has 3 rings (SSSR count). The van der Waals surface area contributed by atoms with Crippen molar-refractivity contribution in [2.24, 2.45) is 10.9 Å². The van der Waals surface area contributed by atoms with E-state index < -0.39 is 6.10 Å². The summed E-state index contributed by atoms with van der Waals surface area (Å²) in [5, 5.41) is 13.6. The first kappa shape index (κ1) is 18.9. The molecule has 6 nitrogen and oxygen atoms in total. The Balaban J connectivity index is 1.42. The van der Waals surface area contributed by atoms with E-state index in [1.54, 1.807) is 7.05 Å². The highest BCUT2D eigenvalue weighted by Gasteiger charge is 2.24. The quantitative estimate of drug-likeness (QED) is 0.595. The number of aliphatic hydroxyl groups excluding tert-OH is 1. The van der Waals surface area contributed by atoms with Gasteiger partial charge in [0, 0.05) is 57.8 Å². The van der Waals surface area contributed by atoms with Crippen LogP contribution in [0.3, 0.4) is 0 Å². The summed E-state index contributed by atoms with van der Waals surface area (Å²) in [6.45, 7) is 7.39. The van der Waals surface area contributed by atoms with E-state index in [1.165, 1.54) is 17.8 Å². The van der Waals surface area contributed by atoms with E-state index in [9.17, 15) is 5.11 Å². The molecule has 3 heterocycles. The van der Waals surface area contributed by atoms with Gasteiger partial charge in [-0.1, -0.05) is 11.6 Å². The van der Waals surface area contributed by atoms with Gasteiger partial charge in [-0.05, 0) is 24.5 Å². The molecule has 0 aromatic carbocycles. The molecule has 8 heteroatoms. The van der Waals surface area contributed by atoms with Gasteiger partial charge in [-0.15, -0.1) is 11.3 Å². The lowest BCUT2D eigenvalue weighted by atomic mass is 10.1. The molecule has 2 N–H and O–H groups in total. The average molecular weight is 387 g/mol. The first-order valence-electron chi connectivity index (χ1n) is 8.84. The third-order valence-corrected chi connectivity index (χ3v) is 6.13. The summed E-state index contributed by atoms with van der Waals surface area (Å²) < 4.78 is 6.17. The molecule has 140 valence electrons. The van der Waals surface area contributed by atoms with Crippen molar-refractivity contribution < 1.29 is 9.84 Å². The van der Waals surface area contributed by atoms with Crippen LogP contribution in [0.15, 0.2) is 17.1 Å². The molecule has 0 radical (unpaired) electrons. The standard InChI is InChI=1S/C17H27ClN4O2S/c1-19-17(20-10-14(23)15-2-3-16(18)25-15)22-7-5-21(6-8-22)11-13-4-9-24-12-13/h2-3,13-14,23H,4-12H2,1H3,(H,19,20). The van der Waals surface area contributed by atoms with Gasteiger partial charge >= 0.3 is 0 Å². The van der Waals surface area contributed by atoms with Crippen LogP contribution in [0.4, 0.5) is 0 Å². The summed E-state index contributed by atoms with van der Waals surface area (Å²) in [7, 11) is 1.79. The predicted octanol–water partition coefficient (Wildman–Crippen LogP) is 1.66. The number of aliphatic hydroxyl groups is 1. The van der Waals surface area contributed by atoms with Gasteiger partial charge in [0.05, 0.1) is 10.9 Å². The number of hydrogen-bond acceptors (Lipinski definition) is 5. The second-order valence-electron chi connectivity index (χ2n) is 6.60. The van der Waals surface area contributed by atoms with Crippen molar-refractivity contribution >= 4 is 28.9 Å². The first-order valence-corrected chi connectivity index (χ1v) is 10.0. The van der Waals surface area contributed by atoms with E-state index in [0.29, 0.717) is 16.8 Å². The lowest BCUT2D eigenvalue weighted by Gasteiger charge is -2.37. The first-order chi connectivity index (χ1) is 12.2. The monoisotopic (exact) mass is 386 g/mol. The summed E-state index contributed by atoms with van der Waals surface area (Å²) >= 11 is 7.34. The molecular formula is C17H27ClN4O2S. The largest absolute Gasteiger partial charge is 0.386 e. The van der Waals surface area contributed by atoms with E-state index in [2.05, 4.69) is 20.1 Å². The Bertz CT molecular complexity index is 569. The van der Waals surface area contributed by atoms with Crippen LogP contribution in [0.5, 0.6) is 0 Å². The number of hydrogen-bond donors (Lipinski definition) is 2. The van der Waals surface area contributed by atoms with E-state index in [-0.39, 0.29) is 0 Å². The molecule has 0 amide bonds. The maximum Gasteiger partial charge on any atom is 0.193 e. The second kappa shape index (κ2) is 9.19. The van der Waals surface area contributed by atoms with Crippen LogP contribution in [0.2, 0.25) is 4.34 Å². The van der Waals surface area contributed by atoms with Gasteiger partial charge in [-0.25, -0.2) is 0 Å². The summed E-state index contributed by atoms with van der Waals surface area (Å²) in [5.74, 6) is 1.54. The van der Waals surface area contributed by atoms with Crippen LogP contribution in [-0.4, -0.2) is 80.4 Å². The van der Waals surface area contributed by atoms with Crippen LogP contribution in [0.25, 0.3) is 0 Å². The molecule has 0 saturated carbocycles.